The van der Waals surface area contributed by atoms with Gasteiger partial charge in [0, 0.05) is 6.26 Å². The maximum Gasteiger partial charge on any atom is 0.285 e. The number of terminal acetylenes is 1. The fourth-order valence-electron chi connectivity index (χ4n) is 2.46. The van der Waals surface area contributed by atoms with Crippen LogP contribution in [0.4, 0.5) is 0 Å². The van der Waals surface area contributed by atoms with Gasteiger partial charge in [0.05, 0.1) is 26.6 Å². The van der Waals surface area contributed by atoms with Gasteiger partial charge in [-0.1, -0.05) is 35.0 Å². The Labute approximate surface area is 161 Å². The molecule has 140 valence electrons. The van der Waals surface area contributed by atoms with Gasteiger partial charge in [-0.2, -0.15) is 8.42 Å². The summed E-state index contributed by atoms with van der Waals surface area (Å²) < 4.78 is 55.0. The van der Waals surface area contributed by atoms with E-state index in [0.29, 0.717) is 10.2 Å². The summed E-state index contributed by atoms with van der Waals surface area (Å²) in [6, 6.07) is 11.0. The first kappa shape index (κ1) is 19.4. The molecule has 0 amide bonds. The zero-order chi connectivity index (χ0) is 19.8. The van der Waals surface area contributed by atoms with Gasteiger partial charge < -0.3 is 4.57 Å². The van der Waals surface area contributed by atoms with Gasteiger partial charge in [-0.05, 0) is 37.3 Å². The van der Waals surface area contributed by atoms with Crippen LogP contribution in [0.2, 0.25) is 0 Å². The molecule has 0 aliphatic heterocycles. The summed E-state index contributed by atoms with van der Waals surface area (Å²) >= 11 is 1.08. The minimum Gasteiger partial charge on any atom is -0.304 e. The second-order valence-electron chi connectivity index (χ2n) is 5.96. The number of thiazole rings is 1. The lowest BCUT2D eigenvalue weighted by Crippen LogP contribution is -2.16. The fraction of sp³-hybridized carbons (Fsp3) is 0.167. The zero-order valence-corrected chi connectivity index (χ0v) is 17.0. The van der Waals surface area contributed by atoms with Crippen molar-refractivity contribution in [2.45, 2.75) is 23.3 Å². The summed E-state index contributed by atoms with van der Waals surface area (Å²) in [6.07, 6.45) is 6.53. The highest BCUT2D eigenvalue weighted by molar-refractivity contribution is 7.90. The molecule has 0 saturated heterocycles. The van der Waals surface area contributed by atoms with Crippen molar-refractivity contribution < 1.29 is 16.8 Å². The number of fused-ring (bicyclic) bond motifs is 1. The normalized spacial score (nSPS) is 13.0. The molecule has 1 aromatic heterocycles. The molecule has 3 rings (SSSR count). The molecule has 0 aliphatic rings. The Morgan fingerprint density at radius 3 is 2.30 bits per heavy atom. The summed E-state index contributed by atoms with van der Waals surface area (Å²) in [4.78, 5) is 0.417. The molecule has 0 N–H and O–H groups in total. The van der Waals surface area contributed by atoms with E-state index < -0.39 is 19.9 Å². The van der Waals surface area contributed by atoms with Crippen molar-refractivity contribution in [3.8, 4) is 12.3 Å². The van der Waals surface area contributed by atoms with Crippen molar-refractivity contribution >= 4 is 41.4 Å². The number of benzene rings is 2. The van der Waals surface area contributed by atoms with Crippen molar-refractivity contribution in [2.75, 3.05) is 6.26 Å². The van der Waals surface area contributed by atoms with E-state index in [2.05, 4.69) is 10.3 Å². The topological polar surface area (TPSA) is 85.6 Å². The van der Waals surface area contributed by atoms with Gasteiger partial charge in [0.2, 0.25) is 4.80 Å². The smallest absolute Gasteiger partial charge is 0.285 e. The van der Waals surface area contributed by atoms with Gasteiger partial charge >= 0.3 is 0 Å². The molecule has 0 radical (unpaired) electrons. The van der Waals surface area contributed by atoms with Crippen LogP contribution >= 0.6 is 11.3 Å². The van der Waals surface area contributed by atoms with Crippen LogP contribution < -0.4 is 4.80 Å². The Kier molecular flexibility index (Phi) is 4.99. The third kappa shape index (κ3) is 3.98. The van der Waals surface area contributed by atoms with Crippen molar-refractivity contribution in [1.29, 1.82) is 0 Å². The second-order valence-corrected chi connectivity index (χ2v) is 10.6. The van der Waals surface area contributed by atoms with Crippen LogP contribution in [0, 0.1) is 19.3 Å². The zero-order valence-electron chi connectivity index (χ0n) is 14.6. The average Bonchev–Trinajstić information content (AvgIpc) is 2.91. The van der Waals surface area contributed by atoms with Crippen LogP contribution in [0.15, 0.2) is 56.7 Å². The highest BCUT2D eigenvalue weighted by atomic mass is 32.2. The number of sulfone groups is 1. The van der Waals surface area contributed by atoms with Crippen LogP contribution in [0.5, 0.6) is 0 Å². The third-order valence-electron chi connectivity index (χ3n) is 3.85. The molecular weight excluding hydrogens is 404 g/mol. The molecule has 3 aromatic rings. The van der Waals surface area contributed by atoms with Gasteiger partial charge in [-0.3, -0.25) is 0 Å². The molecule has 0 spiro atoms. The minimum absolute atomic E-state index is 0.0784. The van der Waals surface area contributed by atoms with Crippen LogP contribution in [0.1, 0.15) is 5.56 Å². The number of nitrogens with zero attached hydrogens (tertiary/aromatic N) is 2. The molecule has 0 unspecified atom stereocenters. The number of hydrogen-bond acceptors (Lipinski definition) is 5. The molecule has 0 aliphatic carbocycles. The molecule has 1 heterocycles. The Morgan fingerprint density at radius 1 is 1.07 bits per heavy atom. The minimum atomic E-state index is -3.93. The van der Waals surface area contributed by atoms with E-state index in [1.807, 2.05) is 6.92 Å². The summed E-state index contributed by atoms with van der Waals surface area (Å²) in [5.74, 6) is 2.48. The van der Waals surface area contributed by atoms with E-state index in [1.54, 1.807) is 22.8 Å². The first-order valence-corrected chi connectivity index (χ1v) is 11.9. The van der Waals surface area contributed by atoms with Gasteiger partial charge in [-0.15, -0.1) is 10.8 Å². The monoisotopic (exact) mass is 420 g/mol. The lowest BCUT2D eigenvalue weighted by Gasteiger charge is -2.02. The Bertz CT molecular complexity index is 1340. The Balaban J connectivity index is 2.26. The maximum absolute atomic E-state index is 12.7. The van der Waals surface area contributed by atoms with Crippen LogP contribution in [0.25, 0.3) is 10.2 Å². The van der Waals surface area contributed by atoms with Crippen molar-refractivity contribution in [3.63, 3.8) is 0 Å². The van der Waals surface area contributed by atoms with Gasteiger partial charge in [0.15, 0.2) is 9.84 Å². The average molecular weight is 421 g/mol. The second kappa shape index (κ2) is 6.96. The van der Waals surface area contributed by atoms with Crippen molar-refractivity contribution in [3.05, 3.63) is 52.8 Å². The highest BCUT2D eigenvalue weighted by Gasteiger charge is 2.16. The molecule has 0 atom stereocenters. The van der Waals surface area contributed by atoms with Crippen LogP contribution in [-0.4, -0.2) is 27.7 Å². The Hall–Kier alpha value is -2.41. The Morgan fingerprint density at radius 2 is 1.70 bits per heavy atom. The van der Waals surface area contributed by atoms with E-state index in [9.17, 15) is 16.8 Å². The largest absolute Gasteiger partial charge is 0.304 e. The van der Waals surface area contributed by atoms with E-state index in [0.717, 1.165) is 23.2 Å². The molecular formula is C18H16N2O4S3. The number of aryl methyl sites for hydroxylation is 1. The van der Waals surface area contributed by atoms with E-state index in [1.165, 1.54) is 24.3 Å². The van der Waals surface area contributed by atoms with Crippen LogP contribution in [0.3, 0.4) is 0 Å². The van der Waals surface area contributed by atoms with Crippen molar-refractivity contribution in [2.24, 2.45) is 4.40 Å². The van der Waals surface area contributed by atoms with E-state index in [-0.39, 0.29) is 21.1 Å². The first-order valence-electron chi connectivity index (χ1n) is 7.76. The van der Waals surface area contributed by atoms with Gasteiger partial charge in [-0.25, -0.2) is 8.42 Å². The number of hydrogen-bond donors (Lipinski definition) is 0. The molecule has 6 nitrogen and oxygen atoms in total. The summed E-state index contributed by atoms with van der Waals surface area (Å²) in [6.45, 7) is 1.97. The van der Waals surface area contributed by atoms with Crippen molar-refractivity contribution in [1.82, 2.24) is 4.57 Å². The van der Waals surface area contributed by atoms with E-state index >= 15 is 0 Å². The lowest BCUT2D eigenvalue weighted by atomic mass is 10.2. The predicted molar refractivity (Wildman–Crippen MR) is 106 cm³/mol. The summed E-state index contributed by atoms with van der Waals surface area (Å²) in [5, 5.41) is 0. The number of sulfonamides is 1. The fourth-order valence-corrected chi connectivity index (χ4v) is 5.46. The highest BCUT2D eigenvalue weighted by Crippen LogP contribution is 2.22. The molecule has 0 saturated carbocycles. The molecule has 27 heavy (non-hydrogen) atoms. The first-order chi connectivity index (χ1) is 12.6. The van der Waals surface area contributed by atoms with E-state index in [4.69, 9.17) is 6.42 Å². The number of aromatic nitrogens is 1. The molecule has 2 aromatic carbocycles. The van der Waals surface area contributed by atoms with Crippen LogP contribution in [-0.2, 0) is 26.4 Å². The lowest BCUT2D eigenvalue weighted by molar-refractivity contribution is 0.595. The third-order valence-corrected chi connectivity index (χ3v) is 7.40. The molecule has 0 bridgehead atoms. The summed E-state index contributed by atoms with van der Waals surface area (Å²) in [5.41, 5.74) is 1.56. The summed E-state index contributed by atoms with van der Waals surface area (Å²) in [7, 11) is -7.31. The SMILES string of the molecule is C#CCn1/c(=N/S(=O)(=O)c2ccc(C)cc2)sc2cc(S(C)(=O)=O)ccc21. The quantitative estimate of drug-likeness (QED) is 0.607. The maximum atomic E-state index is 12.7. The number of rotatable bonds is 4. The van der Waals surface area contributed by atoms with Gasteiger partial charge in [0.1, 0.15) is 0 Å². The molecule has 0 fully saturated rings. The standard InChI is InChI=1S/C18H16N2O4S3/c1-4-11-20-16-10-9-15(26(3,21)22)12-17(16)25-18(20)19-27(23,24)14-7-5-13(2)6-8-14/h1,5-10,12H,11H2,2-3H3/b19-18-. The van der Waals surface area contributed by atoms with Gasteiger partial charge in [0.25, 0.3) is 10.0 Å². The predicted octanol–water partition coefficient (Wildman–Crippen LogP) is 2.34. The molecule has 9 heteroatoms.